The molecule has 24 heavy (non-hydrogen) atoms. The second-order valence-corrected chi connectivity index (χ2v) is 7.56. The zero-order chi connectivity index (χ0) is 16.3. The largest absolute Gasteiger partial charge is 0.295 e. The Morgan fingerprint density at radius 3 is 3.08 bits per heavy atom. The van der Waals surface area contributed by atoms with Crippen molar-refractivity contribution in [3.63, 3.8) is 0 Å². The predicted octanol–water partition coefficient (Wildman–Crippen LogP) is 4.60. The molecule has 3 aliphatic rings. The summed E-state index contributed by atoms with van der Waals surface area (Å²) in [4.78, 5) is 12.9. The smallest absolute Gasteiger partial charge is 0.159 e. The fraction of sp³-hybridized carbons (Fsp3) is 0.429. The molecule has 0 saturated heterocycles. The Morgan fingerprint density at radius 2 is 2.29 bits per heavy atom. The fourth-order valence-corrected chi connectivity index (χ4v) is 5.23. The molecule has 0 bridgehead atoms. The summed E-state index contributed by atoms with van der Waals surface area (Å²) in [6.45, 7) is 2.29. The van der Waals surface area contributed by atoms with Gasteiger partial charge in [-0.25, -0.2) is 0 Å². The first-order chi connectivity index (χ1) is 11.7. The summed E-state index contributed by atoms with van der Waals surface area (Å²) in [5, 5.41) is 8.56. The zero-order valence-corrected chi connectivity index (χ0v) is 14.1. The van der Waals surface area contributed by atoms with Crippen LogP contribution in [0.15, 0.2) is 36.1 Å². The number of fused-ring (bicyclic) bond motifs is 5. The summed E-state index contributed by atoms with van der Waals surface area (Å²) in [6.07, 6.45) is 12.5. The minimum atomic E-state index is 0.146. The molecule has 0 spiro atoms. The van der Waals surface area contributed by atoms with Crippen LogP contribution in [0.5, 0.6) is 0 Å². The number of hydrogen-bond donors (Lipinski definition) is 1. The van der Waals surface area contributed by atoms with E-state index < -0.39 is 0 Å². The number of aromatic nitrogens is 2. The van der Waals surface area contributed by atoms with Crippen LogP contribution in [0.2, 0.25) is 0 Å². The van der Waals surface area contributed by atoms with Gasteiger partial charge in [0.15, 0.2) is 5.78 Å². The van der Waals surface area contributed by atoms with Gasteiger partial charge < -0.3 is 0 Å². The van der Waals surface area contributed by atoms with Crippen molar-refractivity contribution in [2.45, 2.75) is 45.4 Å². The molecule has 5 rings (SSSR count). The fourth-order valence-electron chi connectivity index (χ4n) is 5.23. The Labute approximate surface area is 141 Å². The van der Waals surface area contributed by atoms with E-state index in [9.17, 15) is 4.79 Å². The monoisotopic (exact) mass is 318 g/mol. The number of nitrogens with one attached hydrogen (secondary N) is 1. The topological polar surface area (TPSA) is 45.8 Å². The molecule has 1 aromatic carbocycles. The lowest BCUT2D eigenvalue weighted by molar-refractivity contribution is -0.116. The minimum Gasteiger partial charge on any atom is -0.295 e. The van der Waals surface area contributed by atoms with Crippen LogP contribution in [0.1, 0.15) is 50.2 Å². The number of Topliss-reactive ketones (excluding diaryl/α,β-unsaturated/α-hetero) is 1. The number of aromatic amines is 1. The van der Waals surface area contributed by atoms with Crippen LogP contribution in [0.3, 0.4) is 0 Å². The number of ketones is 1. The predicted molar refractivity (Wildman–Crippen MR) is 95.5 cm³/mol. The number of hydrogen-bond acceptors (Lipinski definition) is 2. The Bertz CT molecular complexity index is 917. The van der Waals surface area contributed by atoms with Crippen molar-refractivity contribution in [3.8, 4) is 0 Å². The van der Waals surface area contributed by atoms with E-state index in [1.165, 1.54) is 22.1 Å². The van der Waals surface area contributed by atoms with E-state index in [-0.39, 0.29) is 5.41 Å². The summed E-state index contributed by atoms with van der Waals surface area (Å²) in [5.74, 6) is 0.704. The molecule has 0 amide bonds. The molecule has 0 radical (unpaired) electrons. The number of benzene rings is 1. The molecule has 3 nitrogen and oxygen atoms in total. The van der Waals surface area contributed by atoms with Gasteiger partial charge in [0.05, 0.1) is 11.7 Å². The molecule has 2 aromatic rings. The van der Waals surface area contributed by atoms with Crippen molar-refractivity contribution in [2.24, 2.45) is 11.3 Å². The first-order valence-corrected chi connectivity index (χ1v) is 9.13. The minimum absolute atomic E-state index is 0.146. The van der Waals surface area contributed by atoms with Crippen LogP contribution in [0.4, 0.5) is 0 Å². The first kappa shape index (κ1) is 14.2. The highest BCUT2D eigenvalue weighted by molar-refractivity contribution is 6.08. The molecule has 2 unspecified atom stereocenters. The van der Waals surface area contributed by atoms with Gasteiger partial charge in [-0.15, -0.1) is 0 Å². The van der Waals surface area contributed by atoms with E-state index in [1.54, 1.807) is 0 Å². The molecule has 1 heterocycles. The van der Waals surface area contributed by atoms with E-state index in [0.29, 0.717) is 18.1 Å². The molecule has 1 aromatic heterocycles. The zero-order valence-electron chi connectivity index (χ0n) is 14.1. The van der Waals surface area contributed by atoms with Gasteiger partial charge in [-0.2, -0.15) is 5.10 Å². The van der Waals surface area contributed by atoms with Crippen LogP contribution in [-0.4, -0.2) is 16.0 Å². The Morgan fingerprint density at radius 1 is 1.38 bits per heavy atom. The van der Waals surface area contributed by atoms with Crippen LogP contribution in [0, 0.1) is 11.3 Å². The van der Waals surface area contributed by atoms with Crippen LogP contribution in [-0.2, 0) is 11.2 Å². The van der Waals surface area contributed by atoms with Gasteiger partial charge in [-0.1, -0.05) is 25.1 Å². The maximum Gasteiger partial charge on any atom is 0.159 e. The van der Waals surface area contributed by atoms with E-state index in [0.717, 1.165) is 43.2 Å². The highest BCUT2D eigenvalue weighted by atomic mass is 16.1. The molecule has 0 aliphatic heterocycles. The summed E-state index contributed by atoms with van der Waals surface area (Å²) >= 11 is 0. The van der Waals surface area contributed by atoms with E-state index in [1.807, 2.05) is 6.20 Å². The van der Waals surface area contributed by atoms with Crippen molar-refractivity contribution in [2.75, 3.05) is 0 Å². The van der Waals surface area contributed by atoms with Gasteiger partial charge in [-0.05, 0) is 54.9 Å². The van der Waals surface area contributed by atoms with Crippen molar-refractivity contribution >= 4 is 22.3 Å². The number of H-pyrrole nitrogens is 1. The third-order valence-corrected chi connectivity index (χ3v) is 6.51. The molecular formula is C21H22N2O. The third-order valence-electron chi connectivity index (χ3n) is 6.51. The summed E-state index contributed by atoms with van der Waals surface area (Å²) in [5.41, 5.74) is 6.46. The molecular weight excluding hydrogens is 296 g/mol. The van der Waals surface area contributed by atoms with Crippen LogP contribution in [0.25, 0.3) is 16.5 Å². The summed E-state index contributed by atoms with van der Waals surface area (Å²) in [6, 6.07) is 4.35. The van der Waals surface area contributed by atoms with Crippen molar-refractivity contribution in [1.82, 2.24) is 10.2 Å². The van der Waals surface area contributed by atoms with Crippen LogP contribution >= 0.6 is 0 Å². The number of carbonyl (C=O) groups is 1. The molecule has 3 heteroatoms. The van der Waals surface area contributed by atoms with Crippen molar-refractivity contribution < 1.29 is 4.79 Å². The van der Waals surface area contributed by atoms with Crippen molar-refractivity contribution in [3.05, 3.63) is 47.2 Å². The lowest BCUT2D eigenvalue weighted by Gasteiger charge is -2.37. The van der Waals surface area contributed by atoms with E-state index >= 15 is 0 Å². The SMILES string of the molecule is CCC12CCC(=O)C(C3C=CCC3)=C1c1ccc3[nH]ncc3c1C2. The summed E-state index contributed by atoms with van der Waals surface area (Å²) < 4.78 is 0. The second-order valence-electron chi connectivity index (χ2n) is 7.56. The lowest BCUT2D eigenvalue weighted by Crippen LogP contribution is -2.30. The van der Waals surface area contributed by atoms with Crippen molar-refractivity contribution in [1.29, 1.82) is 0 Å². The average molecular weight is 318 g/mol. The number of carbonyl (C=O) groups excluding carboxylic acids is 1. The summed E-state index contributed by atoms with van der Waals surface area (Å²) in [7, 11) is 0. The first-order valence-electron chi connectivity index (χ1n) is 9.13. The Kier molecular flexibility index (Phi) is 2.91. The van der Waals surface area contributed by atoms with Gasteiger partial charge in [0, 0.05) is 28.7 Å². The standard InChI is InChI=1S/C21H22N2O/c1-2-21-10-9-18(24)19(13-5-3-4-6-13)20(21)14-7-8-17-16(12-22-23-17)15(14)11-21/h3,5,7-8,12-13H,2,4,6,9-11H2,1H3,(H,22,23). The molecule has 1 N–H and O–H groups in total. The number of rotatable bonds is 2. The van der Waals surface area contributed by atoms with Gasteiger partial charge in [0.1, 0.15) is 0 Å². The van der Waals surface area contributed by atoms with Gasteiger partial charge in [0.25, 0.3) is 0 Å². The van der Waals surface area contributed by atoms with Gasteiger partial charge >= 0.3 is 0 Å². The quantitative estimate of drug-likeness (QED) is 0.823. The second kappa shape index (κ2) is 4.92. The van der Waals surface area contributed by atoms with E-state index in [2.05, 4.69) is 41.4 Å². The molecule has 0 saturated carbocycles. The van der Waals surface area contributed by atoms with Crippen LogP contribution < -0.4 is 0 Å². The highest BCUT2D eigenvalue weighted by Gasteiger charge is 2.47. The Hall–Kier alpha value is -2.16. The van der Waals surface area contributed by atoms with Gasteiger partial charge in [0.2, 0.25) is 0 Å². The molecule has 0 fully saturated rings. The van der Waals surface area contributed by atoms with Gasteiger partial charge in [-0.3, -0.25) is 9.89 Å². The Balaban J connectivity index is 1.83. The lowest BCUT2D eigenvalue weighted by atomic mass is 9.66. The number of allylic oxidation sites excluding steroid dienone is 4. The highest BCUT2D eigenvalue weighted by Crippen LogP contribution is 2.58. The number of nitrogens with zero attached hydrogens (tertiary/aromatic N) is 1. The third kappa shape index (κ3) is 1.73. The maximum absolute atomic E-state index is 12.9. The average Bonchev–Trinajstić information content (AvgIpc) is 3.32. The molecule has 3 aliphatic carbocycles. The molecule has 2 atom stereocenters. The normalized spacial score (nSPS) is 28.7. The maximum atomic E-state index is 12.9. The van der Waals surface area contributed by atoms with E-state index in [4.69, 9.17) is 0 Å². The molecule has 122 valence electrons.